The first-order chi connectivity index (χ1) is 10.6. The second-order valence-electron chi connectivity index (χ2n) is 6.11. The molecule has 2 aromatic rings. The predicted molar refractivity (Wildman–Crippen MR) is 86.7 cm³/mol. The molecule has 0 spiro atoms. The molecule has 0 aliphatic carbocycles. The molecule has 0 bridgehead atoms. The van der Waals surface area contributed by atoms with Crippen molar-refractivity contribution in [3.63, 3.8) is 0 Å². The highest BCUT2D eigenvalue weighted by Crippen LogP contribution is 2.25. The molecule has 0 saturated carbocycles. The van der Waals surface area contributed by atoms with Gasteiger partial charge in [-0.25, -0.2) is 17.9 Å². The number of rotatable bonds is 4. The third kappa shape index (κ3) is 4.14. The number of nitrogens with one attached hydrogen (secondary N) is 1. The Bertz CT molecular complexity index is 839. The maximum Gasteiger partial charge on any atom is 0.336 e. The van der Waals surface area contributed by atoms with Gasteiger partial charge in [0.15, 0.2) is 0 Å². The van der Waals surface area contributed by atoms with Crippen LogP contribution in [0.3, 0.4) is 0 Å². The summed E-state index contributed by atoms with van der Waals surface area (Å²) in [5, 5.41) is 9.25. The van der Waals surface area contributed by atoms with Crippen LogP contribution in [-0.4, -0.2) is 30.0 Å². The molecule has 23 heavy (non-hydrogen) atoms. The van der Waals surface area contributed by atoms with Crippen molar-refractivity contribution in [1.82, 2.24) is 9.71 Å². The fraction of sp³-hybridized carbons (Fsp3) is 0.250. The topological polar surface area (TPSA) is 96.4 Å². The standard InChI is InChI=1S/C16H18N2O4S/c1-16(2,3)18-23(21,22)12-6-4-5-11(9-12)14-10-17-8-7-13(14)15(19)20/h4-10,18H,1-3H3,(H,19,20). The molecule has 0 aliphatic rings. The highest BCUT2D eigenvalue weighted by Gasteiger charge is 2.22. The van der Waals surface area contributed by atoms with Crippen molar-refractivity contribution in [3.8, 4) is 11.1 Å². The summed E-state index contributed by atoms with van der Waals surface area (Å²) in [7, 11) is -3.70. The minimum atomic E-state index is -3.70. The number of benzene rings is 1. The third-order valence-corrected chi connectivity index (χ3v) is 4.70. The highest BCUT2D eigenvalue weighted by atomic mass is 32.2. The van der Waals surface area contributed by atoms with Crippen molar-refractivity contribution in [2.45, 2.75) is 31.2 Å². The minimum Gasteiger partial charge on any atom is -0.478 e. The summed E-state index contributed by atoms with van der Waals surface area (Å²) >= 11 is 0. The van der Waals surface area contributed by atoms with Crippen LogP contribution in [-0.2, 0) is 10.0 Å². The molecule has 0 unspecified atom stereocenters. The van der Waals surface area contributed by atoms with Crippen LogP contribution in [0.1, 0.15) is 31.1 Å². The average molecular weight is 334 g/mol. The maximum atomic E-state index is 12.4. The van der Waals surface area contributed by atoms with Gasteiger partial charge in [0.2, 0.25) is 10.0 Å². The molecule has 0 aliphatic heterocycles. The minimum absolute atomic E-state index is 0.0679. The van der Waals surface area contributed by atoms with E-state index in [0.717, 1.165) is 0 Å². The Morgan fingerprint density at radius 2 is 1.91 bits per heavy atom. The monoisotopic (exact) mass is 334 g/mol. The Kier molecular flexibility index (Phi) is 4.53. The van der Waals surface area contributed by atoms with Crippen molar-refractivity contribution in [2.24, 2.45) is 0 Å². The van der Waals surface area contributed by atoms with Gasteiger partial charge in [-0.05, 0) is 44.5 Å². The molecule has 2 N–H and O–H groups in total. The van der Waals surface area contributed by atoms with Crippen LogP contribution in [0.15, 0.2) is 47.6 Å². The average Bonchev–Trinajstić information content (AvgIpc) is 2.45. The summed E-state index contributed by atoms with van der Waals surface area (Å²) in [6.45, 7) is 5.24. The third-order valence-electron chi connectivity index (χ3n) is 2.95. The lowest BCUT2D eigenvalue weighted by Crippen LogP contribution is -2.40. The Morgan fingerprint density at radius 1 is 1.22 bits per heavy atom. The van der Waals surface area contributed by atoms with Gasteiger partial charge >= 0.3 is 5.97 Å². The van der Waals surface area contributed by atoms with E-state index in [9.17, 15) is 18.3 Å². The van der Waals surface area contributed by atoms with Gasteiger partial charge in [0.1, 0.15) is 0 Å². The number of hydrogen-bond donors (Lipinski definition) is 2. The van der Waals surface area contributed by atoms with E-state index in [1.165, 1.54) is 30.6 Å². The van der Waals surface area contributed by atoms with E-state index < -0.39 is 21.5 Å². The first-order valence-electron chi connectivity index (χ1n) is 6.92. The Labute approximate surface area is 135 Å². The van der Waals surface area contributed by atoms with Crippen LogP contribution in [0.2, 0.25) is 0 Å². The molecule has 0 saturated heterocycles. The summed E-state index contributed by atoms with van der Waals surface area (Å²) in [5.41, 5.74) is 0.299. The van der Waals surface area contributed by atoms with E-state index in [4.69, 9.17) is 0 Å². The van der Waals surface area contributed by atoms with Gasteiger partial charge in [-0.2, -0.15) is 0 Å². The molecule has 1 aromatic carbocycles. The summed E-state index contributed by atoms with van der Waals surface area (Å²) in [5.74, 6) is -1.09. The fourth-order valence-corrected chi connectivity index (χ4v) is 3.57. The first kappa shape index (κ1) is 17.1. The highest BCUT2D eigenvalue weighted by molar-refractivity contribution is 7.89. The summed E-state index contributed by atoms with van der Waals surface area (Å²) in [6.07, 6.45) is 2.79. The second-order valence-corrected chi connectivity index (χ2v) is 7.79. The lowest BCUT2D eigenvalue weighted by Gasteiger charge is -2.20. The van der Waals surface area contributed by atoms with Crippen LogP contribution in [0.25, 0.3) is 11.1 Å². The Hall–Kier alpha value is -2.25. The number of aromatic carboxylic acids is 1. The lowest BCUT2D eigenvalue weighted by atomic mass is 10.0. The molecule has 7 heteroatoms. The number of sulfonamides is 1. The SMILES string of the molecule is CC(C)(C)NS(=O)(=O)c1cccc(-c2cnccc2C(=O)O)c1. The molecule has 0 radical (unpaired) electrons. The number of pyridine rings is 1. The Morgan fingerprint density at radius 3 is 2.52 bits per heavy atom. The maximum absolute atomic E-state index is 12.4. The van der Waals surface area contributed by atoms with Crippen LogP contribution >= 0.6 is 0 Å². The van der Waals surface area contributed by atoms with Gasteiger partial charge in [0, 0.05) is 23.5 Å². The molecule has 0 fully saturated rings. The normalized spacial score (nSPS) is 12.1. The summed E-state index contributed by atoms with van der Waals surface area (Å²) in [6, 6.07) is 7.52. The zero-order chi connectivity index (χ0) is 17.3. The molecular formula is C16H18N2O4S. The van der Waals surface area contributed by atoms with Crippen LogP contribution < -0.4 is 4.72 Å². The van der Waals surface area contributed by atoms with Crippen molar-refractivity contribution < 1.29 is 18.3 Å². The number of aromatic nitrogens is 1. The zero-order valence-corrected chi connectivity index (χ0v) is 13.9. The van der Waals surface area contributed by atoms with Crippen LogP contribution in [0, 0.1) is 0 Å². The van der Waals surface area contributed by atoms with Gasteiger partial charge in [0.25, 0.3) is 0 Å². The van der Waals surface area contributed by atoms with Crippen molar-refractivity contribution >= 4 is 16.0 Å². The van der Waals surface area contributed by atoms with E-state index in [2.05, 4.69) is 9.71 Å². The van der Waals surface area contributed by atoms with Gasteiger partial charge in [-0.1, -0.05) is 12.1 Å². The summed E-state index contributed by atoms with van der Waals surface area (Å²) in [4.78, 5) is 15.3. The lowest BCUT2D eigenvalue weighted by molar-refractivity contribution is 0.0697. The quantitative estimate of drug-likeness (QED) is 0.895. The zero-order valence-electron chi connectivity index (χ0n) is 13.1. The smallest absolute Gasteiger partial charge is 0.336 e. The van der Waals surface area contributed by atoms with Gasteiger partial charge in [0.05, 0.1) is 10.5 Å². The molecular weight excluding hydrogens is 316 g/mol. The van der Waals surface area contributed by atoms with Crippen molar-refractivity contribution in [1.29, 1.82) is 0 Å². The number of nitrogens with zero attached hydrogens (tertiary/aromatic N) is 1. The van der Waals surface area contributed by atoms with Gasteiger partial charge in [-0.15, -0.1) is 0 Å². The predicted octanol–water partition coefficient (Wildman–Crippen LogP) is 2.52. The molecule has 0 atom stereocenters. The largest absolute Gasteiger partial charge is 0.478 e. The van der Waals surface area contributed by atoms with Gasteiger partial charge in [-0.3, -0.25) is 4.98 Å². The van der Waals surface area contributed by atoms with E-state index in [1.54, 1.807) is 32.9 Å². The fourth-order valence-electron chi connectivity index (χ4n) is 2.10. The number of carboxylic acids is 1. The Balaban J connectivity index is 2.52. The first-order valence-corrected chi connectivity index (χ1v) is 8.40. The molecule has 0 amide bonds. The van der Waals surface area contributed by atoms with E-state index in [1.807, 2.05) is 0 Å². The molecule has 1 heterocycles. The molecule has 1 aromatic heterocycles. The molecule has 122 valence electrons. The van der Waals surface area contributed by atoms with E-state index >= 15 is 0 Å². The number of carboxylic acid groups (broad SMARTS) is 1. The van der Waals surface area contributed by atoms with Crippen LogP contribution in [0.5, 0.6) is 0 Å². The number of hydrogen-bond acceptors (Lipinski definition) is 4. The van der Waals surface area contributed by atoms with E-state index in [0.29, 0.717) is 11.1 Å². The number of carbonyl (C=O) groups is 1. The van der Waals surface area contributed by atoms with E-state index in [-0.39, 0.29) is 10.5 Å². The van der Waals surface area contributed by atoms with Gasteiger partial charge < -0.3 is 5.11 Å². The van der Waals surface area contributed by atoms with Crippen molar-refractivity contribution in [3.05, 3.63) is 48.3 Å². The summed E-state index contributed by atoms with van der Waals surface area (Å²) < 4.78 is 27.4. The molecule has 6 nitrogen and oxygen atoms in total. The second kappa shape index (κ2) is 6.10. The van der Waals surface area contributed by atoms with Crippen molar-refractivity contribution in [2.75, 3.05) is 0 Å². The van der Waals surface area contributed by atoms with Crippen LogP contribution in [0.4, 0.5) is 0 Å². The molecule has 2 rings (SSSR count).